The van der Waals surface area contributed by atoms with Crippen molar-refractivity contribution in [3.05, 3.63) is 40.4 Å². The smallest absolute Gasteiger partial charge is 0.262 e. The fourth-order valence-corrected chi connectivity index (χ4v) is 2.23. The Morgan fingerprint density at radius 1 is 1.28 bits per heavy atom. The molecular formula is C12H13N5O. The van der Waals surface area contributed by atoms with Gasteiger partial charge in [-0.25, -0.2) is 0 Å². The van der Waals surface area contributed by atoms with Gasteiger partial charge in [0.05, 0.1) is 17.4 Å². The molecule has 18 heavy (non-hydrogen) atoms. The predicted molar refractivity (Wildman–Crippen MR) is 68.3 cm³/mol. The van der Waals surface area contributed by atoms with Crippen molar-refractivity contribution in [1.82, 2.24) is 19.2 Å². The van der Waals surface area contributed by atoms with Gasteiger partial charge in [-0.15, -0.1) is 10.2 Å². The monoisotopic (exact) mass is 243 g/mol. The standard InChI is InChI=1S/C12H13N5O/c1-2-16-11(18)8-5-3-4-6-9(8)17-10(7-13)14-15-12(16)17/h3-6H,2,7,13H2,1H3. The molecule has 0 amide bonds. The second kappa shape index (κ2) is 3.92. The van der Waals surface area contributed by atoms with Gasteiger partial charge in [0, 0.05) is 6.54 Å². The van der Waals surface area contributed by atoms with Crippen LogP contribution in [-0.2, 0) is 13.1 Å². The van der Waals surface area contributed by atoms with E-state index in [0.29, 0.717) is 23.5 Å². The third-order valence-corrected chi connectivity index (χ3v) is 3.07. The van der Waals surface area contributed by atoms with Gasteiger partial charge >= 0.3 is 0 Å². The molecule has 0 fully saturated rings. The lowest BCUT2D eigenvalue weighted by Gasteiger charge is -2.08. The number of fused-ring (bicyclic) bond motifs is 3. The summed E-state index contributed by atoms with van der Waals surface area (Å²) in [5.74, 6) is 1.20. The first-order valence-electron chi connectivity index (χ1n) is 5.83. The van der Waals surface area contributed by atoms with E-state index in [1.165, 1.54) is 0 Å². The Hall–Kier alpha value is -2.21. The molecule has 0 aliphatic carbocycles. The van der Waals surface area contributed by atoms with E-state index in [9.17, 15) is 4.79 Å². The minimum atomic E-state index is -0.0448. The number of nitrogens with zero attached hydrogens (tertiary/aromatic N) is 4. The highest BCUT2D eigenvalue weighted by Gasteiger charge is 2.14. The number of hydrogen-bond acceptors (Lipinski definition) is 4. The Morgan fingerprint density at radius 3 is 2.78 bits per heavy atom. The van der Waals surface area contributed by atoms with Crippen molar-refractivity contribution in [2.45, 2.75) is 20.0 Å². The van der Waals surface area contributed by atoms with Crippen LogP contribution in [0.25, 0.3) is 16.7 Å². The zero-order valence-corrected chi connectivity index (χ0v) is 10.00. The van der Waals surface area contributed by atoms with E-state index < -0.39 is 0 Å². The van der Waals surface area contributed by atoms with Crippen LogP contribution in [0.4, 0.5) is 0 Å². The molecule has 2 heterocycles. The normalized spacial score (nSPS) is 11.4. The van der Waals surface area contributed by atoms with E-state index in [1.807, 2.05) is 35.6 Å². The van der Waals surface area contributed by atoms with Gasteiger partial charge in [0.25, 0.3) is 5.56 Å². The van der Waals surface area contributed by atoms with E-state index in [-0.39, 0.29) is 12.1 Å². The van der Waals surface area contributed by atoms with Crippen molar-refractivity contribution < 1.29 is 0 Å². The van der Waals surface area contributed by atoms with Crippen LogP contribution >= 0.6 is 0 Å². The summed E-state index contributed by atoms with van der Waals surface area (Å²) in [5.41, 5.74) is 6.42. The third-order valence-electron chi connectivity index (χ3n) is 3.07. The Bertz CT molecular complexity index is 786. The predicted octanol–water partition coefficient (Wildman–Crippen LogP) is 0.523. The lowest BCUT2D eigenvalue weighted by molar-refractivity contribution is 0.734. The lowest BCUT2D eigenvalue weighted by Crippen LogP contribution is -2.22. The van der Waals surface area contributed by atoms with E-state index >= 15 is 0 Å². The van der Waals surface area contributed by atoms with Crippen LogP contribution in [0.1, 0.15) is 12.7 Å². The zero-order valence-electron chi connectivity index (χ0n) is 10.00. The van der Waals surface area contributed by atoms with Crippen molar-refractivity contribution in [2.75, 3.05) is 0 Å². The molecule has 0 unspecified atom stereocenters. The van der Waals surface area contributed by atoms with Crippen molar-refractivity contribution in [3.63, 3.8) is 0 Å². The number of aromatic nitrogens is 4. The molecular weight excluding hydrogens is 230 g/mol. The molecule has 3 aromatic rings. The summed E-state index contributed by atoms with van der Waals surface area (Å²) in [5, 5.41) is 8.76. The van der Waals surface area contributed by atoms with Gasteiger partial charge < -0.3 is 5.73 Å². The first-order valence-corrected chi connectivity index (χ1v) is 5.83. The average Bonchev–Trinajstić information content (AvgIpc) is 2.83. The molecule has 0 spiro atoms. The molecule has 2 N–H and O–H groups in total. The lowest BCUT2D eigenvalue weighted by atomic mass is 10.2. The summed E-state index contributed by atoms with van der Waals surface area (Å²) >= 11 is 0. The molecule has 0 aliphatic heterocycles. The Balaban J connectivity index is 2.65. The highest BCUT2D eigenvalue weighted by atomic mass is 16.1. The minimum Gasteiger partial charge on any atom is -0.324 e. The summed E-state index contributed by atoms with van der Waals surface area (Å²) in [6, 6.07) is 7.43. The second-order valence-electron chi connectivity index (χ2n) is 4.02. The van der Waals surface area contributed by atoms with Crippen LogP contribution in [-0.4, -0.2) is 19.2 Å². The summed E-state index contributed by atoms with van der Waals surface area (Å²) in [6.45, 7) is 2.75. The van der Waals surface area contributed by atoms with Crippen LogP contribution in [0.3, 0.4) is 0 Å². The van der Waals surface area contributed by atoms with Crippen molar-refractivity contribution >= 4 is 16.7 Å². The number of benzene rings is 1. The van der Waals surface area contributed by atoms with Crippen LogP contribution < -0.4 is 11.3 Å². The van der Waals surface area contributed by atoms with Gasteiger partial charge in [-0.05, 0) is 19.1 Å². The summed E-state index contributed by atoms with van der Waals surface area (Å²) in [6.07, 6.45) is 0. The number of nitrogens with two attached hydrogens (primary N) is 1. The minimum absolute atomic E-state index is 0.0448. The van der Waals surface area contributed by atoms with Crippen LogP contribution in [0, 0.1) is 0 Å². The average molecular weight is 243 g/mol. The fraction of sp³-hybridized carbons (Fsp3) is 0.250. The molecule has 0 aliphatic rings. The summed E-state index contributed by atoms with van der Waals surface area (Å²) < 4.78 is 3.45. The van der Waals surface area contributed by atoms with E-state index in [4.69, 9.17) is 5.73 Å². The van der Waals surface area contributed by atoms with E-state index in [1.54, 1.807) is 4.57 Å². The van der Waals surface area contributed by atoms with Crippen molar-refractivity contribution in [1.29, 1.82) is 0 Å². The largest absolute Gasteiger partial charge is 0.324 e. The van der Waals surface area contributed by atoms with Gasteiger partial charge in [0.2, 0.25) is 5.78 Å². The Morgan fingerprint density at radius 2 is 2.06 bits per heavy atom. The Kier molecular flexibility index (Phi) is 2.38. The molecule has 92 valence electrons. The summed E-state index contributed by atoms with van der Waals surface area (Å²) in [4.78, 5) is 12.3. The number of aryl methyl sites for hydroxylation is 1. The molecule has 6 nitrogen and oxygen atoms in total. The highest BCUT2D eigenvalue weighted by Crippen LogP contribution is 2.13. The van der Waals surface area contributed by atoms with Crippen molar-refractivity contribution in [3.8, 4) is 0 Å². The maximum Gasteiger partial charge on any atom is 0.262 e. The summed E-state index contributed by atoms with van der Waals surface area (Å²) in [7, 11) is 0. The highest BCUT2D eigenvalue weighted by molar-refractivity contribution is 5.80. The number of rotatable bonds is 2. The third kappa shape index (κ3) is 1.29. The van der Waals surface area contributed by atoms with Gasteiger partial charge in [-0.2, -0.15) is 0 Å². The van der Waals surface area contributed by atoms with Gasteiger partial charge in [0.1, 0.15) is 0 Å². The molecule has 0 saturated heterocycles. The molecule has 0 atom stereocenters. The number of para-hydroxylation sites is 1. The molecule has 1 aromatic carbocycles. The molecule has 0 radical (unpaired) electrons. The fourth-order valence-electron chi connectivity index (χ4n) is 2.23. The van der Waals surface area contributed by atoms with Gasteiger partial charge in [0.15, 0.2) is 5.82 Å². The molecule has 6 heteroatoms. The SMILES string of the molecule is CCn1c(=O)c2ccccc2n2c(CN)nnc12. The Labute approximate surface area is 103 Å². The van der Waals surface area contributed by atoms with Gasteiger partial charge in [-0.3, -0.25) is 13.8 Å². The van der Waals surface area contributed by atoms with Crippen LogP contribution in [0.2, 0.25) is 0 Å². The maximum atomic E-state index is 12.3. The molecule has 0 bridgehead atoms. The first kappa shape index (κ1) is 10.9. The topological polar surface area (TPSA) is 78.2 Å². The maximum absolute atomic E-state index is 12.3. The van der Waals surface area contributed by atoms with Crippen LogP contribution in [0.15, 0.2) is 29.1 Å². The van der Waals surface area contributed by atoms with Gasteiger partial charge in [-0.1, -0.05) is 12.1 Å². The quantitative estimate of drug-likeness (QED) is 0.711. The zero-order chi connectivity index (χ0) is 12.7. The number of hydrogen-bond donors (Lipinski definition) is 1. The molecule has 3 rings (SSSR count). The van der Waals surface area contributed by atoms with Crippen molar-refractivity contribution in [2.24, 2.45) is 5.73 Å². The van der Waals surface area contributed by atoms with E-state index in [2.05, 4.69) is 10.2 Å². The first-order chi connectivity index (χ1) is 8.77. The van der Waals surface area contributed by atoms with Crippen LogP contribution in [0.5, 0.6) is 0 Å². The molecule has 2 aromatic heterocycles. The van der Waals surface area contributed by atoms with E-state index in [0.717, 1.165) is 5.52 Å². The second-order valence-corrected chi connectivity index (χ2v) is 4.02. The molecule has 0 saturated carbocycles.